The summed E-state index contributed by atoms with van der Waals surface area (Å²) in [5, 5.41) is 9.88. The smallest absolute Gasteiger partial charge is 0.240 e. The topological polar surface area (TPSA) is 122 Å². The Labute approximate surface area is 186 Å². The fourth-order valence-corrected chi connectivity index (χ4v) is 4.18. The largest absolute Gasteiger partial charge is 0.326 e. The molecule has 0 aliphatic rings. The standard InChI is InChI=1S/C22H25N5O4S/c1-15-22(16(2)27(26-15)19-7-5-4-6-8-19)25-21(29)13-14-23-32(30,31)20-11-9-18(10-12-20)24-17(3)28/h4-12,23H,13-14H2,1-3H3,(H,24,28)(H,25,29). The Morgan fingerprint density at radius 3 is 2.25 bits per heavy atom. The predicted octanol–water partition coefficient (Wildman–Crippen LogP) is 2.75. The van der Waals surface area contributed by atoms with Crippen molar-refractivity contribution >= 4 is 33.2 Å². The van der Waals surface area contributed by atoms with E-state index in [1.165, 1.54) is 31.2 Å². The van der Waals surface area contributed by atoms with Crippen molar-refractivity contribution in [1.29, 1.82) is 0 Å². The second-order valence-corrected chi connectivity index (χ2v) is 8.96. The summed E-state index contributed by atoms with van der Waals surface area (Å²) in [6, 6.07) is 15.3. The van der Waals surface area contributed by atoms with Crippen LogP contribution in [0, 0.1) is 13.8 Å². The molecule has 2 aromatic carbocycles. The molecule has 0 spiro atoms. The maximum atomic E-state index is 12.4. The molecular weight excluding hydrogens is 430 g/mol. The van der Waals surface area contributed by atoms with Crippen molar-refractivity contribution in [1.82, 2.24) is 14.5 Å². The average molecular weight is 456 g/mol. The molecule has 0 bridgehead atoms. The molecular formula is C22H25N5O4S. The number of nitrogens with one attached hydrogen (secondary N) is 3. The molecule has 0 atom stereocenters. The van der Waals surface area contributed by atoms with E-state index in [9.17, 15) is 18.0 Å². The SMILES string of the molecule is CC(=O)Nc1ccc(S(=O)(=O)NCCC(=O)Nc2c(C)nn(-c3ccccc3)c2C)cc1. The van der Waals surface area contributed by atoms with E-state index in [1.807, 2.05) is 37.3 Å². The highest BCUT2D eigenvalue weighted by Gasteiger charge is 2.17. The van der Waals surface area contributed by atoms with Gasteiger partial charge in [-0.2, -0.15) is 5.10 Å². The fraction of sp³-hybridized carbons (Fsp3) is 0.227. The van der Waals surface area contributed by atoms with Gasteiger partial charge in [-0.1, -0.05) is 18.2 Å². The molecule has 0 unspecified atom stereocenters. The zero-order chi connectivity index (χ0) is 23.3. The highest BCUT2D eigenvalue weighted by Crippen LogP contribution is 2.23. The first kappa shape index (κ1) is 23.2. The molecule has 3 N–H and O–H groups in total. The molecule has 2 amide bonds. The van der Waals surface area contributed by atoms with Gasteiger partial charge in [0.05, 0.1) is 27.7 Å². The lowest BCUT2D eigenvalue weighted by Gasteiger charge is -2.09. The minimum Gasteiger partial charge on any atom is -0.326 e. The Balaban J connectivity index is 1.58. The Hall–Kier alpha value is -3.50. The number of para-hydroxylation sites is 1. The van der Waals surface area contributed by atoms with Crippen molar-refractivity contribution < 1.29 is 18.0 Å². The van der Waals surface area contributed by atoms with E-state index in [-0.39, 0.29) is 29.7 Å². The zero-order valence-corrected chi connectivity index (χ0v) is 18.9. The van der Waals surface area contributed by atoms with Gasteiger partial charge in [0.25, 0.3) is 0 Å². The van der Waals surface area contributed by atoms with Crippen LogP contribution in [0.3, 0.4) is 0 Å². The Bertz CT molecular complexity index is 1220. The zero-order valence-electron chi connectivity index (χ0n) is 18.0. The molecule has 3 rings (SSSR count). The Kier molecular flexibility index (Phi) is 7.06. The molecule has 3 aromatic rings. The minimum absolute atomic E-state index is 0.0431. The van der Waals surface area contributed by atoms with Gasteiger partial charge in [0.1, 0.15) is 0 Å². The van der Waals surface area contributed by atoms with Crippen molar-refractivity contribution in [3.05, 3.63) is 66.0 Å². The summed E-state index contributed by atoms with van der Waals surface area (Å²) < 4.78 is 29.0. The van der Waals surface area contributed by atoms with Crippen LogP contribution in [0.25, 0.3) is 5.69 Å². The molecule has 10 heteroatoms. The lowest BCUT2D eigenvalue weighted by Crippen LogP contribution is -2.28. The van der Waals surface area contributed by atoms with E-state index in [4.69, 9.17) is 0 Å². The summed E-state index contributed by atoms with van der Waals surface area (Å²) in [5.74, 6) is -0.572. The molecule has 0 saturated heterocycles. The van der Waals surface area contributed by atoms with Gasteiger partial charge in [-0.15, -0.1) is 0 Å². The normalized spacial score (nSPS) is 11.2. The van der Waals surface area contributed by atoms with Crippen LogP contribution in [0.4, 0.5) is 11.4 Å². The van der Waals surface area contributed by atoms with Gasteiger partial charge in [0.15, 0.2) is 0 Å². The lowest BCUT2D eigenvalue weighted by molar-refractivity contribution is -0.116. The number of anilines is 2. The number of hydrogen-bond acceptors (Lipinski definition) is 5. The summed E-state index contributed by atoms with van der Waals surface area (Å²) in [5.41, 5.74) is 3.43. The number of sulfonamides is 1. The molecule has 0 radical (unpaired) electrons. The highest BCUT2D eigenvalue weighted by molar-refractivity contribution is 7.89. The molecule has 0 fully saturated rings. The number of hydrogen-bond donors (Lipinski definition) is 3. The third-order valence-electron chi connectivity index (χ3n) is 4.69. The summed E-state index contributed by atoms with van der Waals surface area (Å²) in [6.07, 6.45) is -0.0431. The Morgan fingerprint density at radius 1 is 0.969 bits per heavy atom. The summed E-state index contributed by atoms with van der Waals surface area (Å²) in [7, 11) is -3.78. The van der Waals surface area contributed by atoms with E-state index in [0.29, 0.717) is 17.1 Å². The molecule has 0 aliphatic heterocycles. The van der Waals surface area contributed by atoms with Gasteiger partial charge in [-0.05, 0) is 50.2 Å². The second-order valence-electron chi connectivity index (χ2n) is 7.19. The first-order valence-corrected chi connectivity index (χ1v) is 11.4. The predicted molar refractivity (Wildman–Crippen MR) is 122 cm³/mol. The van der Waals surface area contributed by atoms with Crippen LogP contribution in [0.1, 0.15) is 24.7 Å². The van der Waals surface area contributed by atoms with Gasteiger partial charge in [0.2, 0.25) is 21.8 Å². The first-order valence-electron chi connectivity index (χ1n) is 9.96. The summed E-state index contributed by atoms with van der Waals surface area (Å²) >= 11 is 0. The molecule has 0 saturated carbocycles. The quantitative estimate of drug-likeness (QED) is 0.482. The van der Waals surface area contributed by atoms with Crippen LogP contribution in [0.15, 0.2) is 59.5 Å². The van der Waals surface area contributed by atoms with E-state index in [1.54, 1.807) is 11.6 Å². The van der Waals surface area contributed by atoms with Crippen LogP contribution in [-0.2, 0) is 19.6 Å². The molecule has 32 heavy (non-hydrogen) atoms. The third kappa shape index (κ3) is 5.59. The van der Waals surface area contributed by atoms with E-state index < -0.39 is 10.0 Å². The molecule has 1 aromatic heterocycles. The van der Waals surface area contributed by atoms with Crippen molar-refractivity contribution in [3.63, 3.8) is 0 Å². The fourth-order valence-electron chi connectivity index (χ4n) is 3.15. The molecule has 168 valence electrons. The van der Waals surface area contributed by atoms with Gasteiger partial charge in [0, 0.05) is 25.6 Å². The number of aromatic nitrogens is 2. The summed E-state index contributed by atoms with van der Waals surface area (Å²) in [4.78, 5) is 23.5. The first-order chi connectivity index (χ1) is 15.2. The Morgan fingerprint density at radius 2 is 1.62 bits per heavy atom. The van der Waals surface area contributed by atoms with E-state index in [0.717, 1.165) is 11.4 Å². The van der Waals surface area contributed by atoms with Crippen LogP contribution in [0.5, 0.6) is 0 Å². The van der Waals surface area contributed by atoms with Crippen LogP contribution in [0.2, 0.25) is 0 Å². The van der Waals surface area contributed by atoms with Crippen molar-refractivity contribution in [2.75, 3.05) is 17.2 Å². The number of benzene rings is 2. The van der Waals surface area contributed by atoms with Gasteiger partial charge in [-0.25, -0.2) is 17.8 Å². The van der Waals surface area contributed by atoms with Gasteiger partial charge in [-0.3, -0.25) is 9.59 Å². The number of carbonyl (C=O) groups excluding carboxylic acids is 2. The van der Waals surface area contributed by atoms with Gasteiger partial charge < -0.3 is 10.6 Å². The lowest BCUT2D eigenvalue weighted by atomic mass is 10.2. The second kappa shape index (κ2) is 9.75. The number of carbonyl (C=O) groups is 2. The molecule has 0 aliphatic carbocycles. The molecule has 9 nitrogen and oxygen atoms in total. The third-order valence-corrected chi connectivity index (χ3v) is 6.16. The van der Waals surface area contributed by atoms with E-state index in [2.05, 4.69) is 20.5 Å². The maximum Gasteiger partial charge on any atom is 0.240 e. The van der Waals surface area contributed by atoms with Crippen LogP contribution < -0.4 is 15.4 Å². The highest BCUT2D eigenvalue weighted by atomic mass is 32.2. The van der Waals surface area contributed by atoms with Crippen LogP contribution >= 0.6 is 0 Å². The van der Waals surface area contributed by atoms with Gasteiger partial charge >= 0.3 is 0 Å². The number of rotatable bonds is 8. The van der Waals surface area contributed by atoms with Crippen molar-refractivity contribution in [2.45, 2.75) is 32.1 Å². The number of amides is 2. The average Bonchev–Trinajstić information content (AvgIpc) is 3.02. The maximum absolute atomic E-state index is 12.4. The minimum atomic E-state index is -3.78. The van der Waals surface area contributed by atoms with Crippen molar-refractivity contribution in [2.24, 2.45) is 0 Å². The number of aryl methyl sites for hydroxylation is 1. The van der Waals surface area contributed by atoms with Crippen LogP contribution in [-0.4, -0.2) is 36.6 Å². The summed E-state index contributed by atoms with van der Waals surface area (Å²) in [6.45, 7) is 4.96. The van der Waals surface area contributed by atoms with Crippen molar-refractivity contribution in [3.8, 4) is 5.69 Å². The number of nitrogens with zero attached hydrogens (tertiary/aromatic N) is 2. The van der Waals surface area contributed by atoms with E-state index >= 15 is 0 Å². The monoisotopic (exact) mass is 455 g/mol. The molecule has 1 heterocycles.